The molecule has 1 aromatic rings. The van der Waals surface area contributed by atoms with Crippen LogP contribution in [0.15, 0.2) is 35.5 Å². The predicted octanol–water partition coefficient (Wildman–Crippen LogP) is 3.09. The molecule has 3 heteroatoms. The van der Waals surface area contributed by atoms with Gasteiger partial charge in [0.2, 0.25) is 0 Å². The van der Waals surface area contributed by atoms with Crippen molar-refractivity contribution in [1.82, 2.24) is 0 Å². The molecule has 2 nitrogen and oxygen atoms in total. The first kappa shape index (κ1) is 11.0. The minimum atomic E-state index is 0.112. The first-order chi connectivity index (χ1) is 5.84. The van der Waals surface area contributed by atoms with Gasteiger partial charge in [0.25, 0.3) is 0 Å². The van der Waals surface area contributed by atoms with Gasteiger partial charge < -0.3 is 5.21 Å². The number of nitrogens with zero attached hydrogens (tertiary/aromatic N) is 1. The zero-order valence-corrected chi connectivity index (χ0v) is 7.92. The Labute approximate surface area is 77.5 Å². The largest absolute Gasteiger partial charge is 0.410 e. The Bertz CT molecular complexity index is 234. The summed E-state index contributed by atoms with van der Waals surface area (Å²) in [4.78, 5) is 0. The van der Waals surface area contributed by atoms with Gasteiger partial charge in [-0.3, -0.25) is 0 Å². The quantitative estimate of drug-likeness (QED) is 0.407. The van der Waals surface area contributed by atoms with Crippen molar-refractivity contribution in [3.8, 4) is 0 Å². The molecule has 66 valence electrons. The molecule has 0 aromatic heterocycles. The van der Waals surface area contributed by atoms with Crippen LogP contribution < -0.4 is 0 Å². The Balaban J connectivity index is 0.000000561. The van der Waals surface area contributed by atoms with E-state index in [1.54, 1.807) is 12.1 Å². The minimum Gasteiger partial charge on any atom is -0.410 e. The van der Waals surface area contributed by atoms with Gasteiger partial charge in [-0.25, -0.2) is 0 Å². The van der Waals surface area contributed by atoms with Gasteiger partial charge in [0.1, 0.15) is 0 Å². The van der Waals surface area contributed by atoms with E-state index in [4.69, 9.17) is 16.8 Å². The van der Waals surface area contributed by atoms with E-state index in [0.717, 1.165) is 0 Å². The molecule has 0 amide bonds. The lowest BCUT2D eigenvalue weighted by atomic mass is 10.2. The summed E-state index contributed by atoms with van der Waals surface area (Å²) in [6, 6.07) is 9.04. The van der Waals surface area contributed by atoms with Crippen LogP contribution in [0.3, 0.4) is 0 Å². The van der Waals surface area contributed by atoms with Gasteiger partial charge in [-0.15, -0.1) is 0 Å². The fourth-order valence-corrected chi connectivity index (χ4v) is 0.759. The standard InChI is InChI=1S/C7H6ClNO.C2H6/c8-7(9-10)6-4-2-1-3-5-6;1-2/h1-5,10H;1-2H3/b9-7+;. The first-order valence-corrected chi connectivity index (χ1v) is 4.15. The molecule has 0 unspecified atom stereocenters. The summed E-state index contributed by atoms with van der Waals surface area (Å²) < 4.78 is 0. The van der Waals surface area contributed by atoms with E-state index in [9.17, 15) is 0 Å². The van der Waals surface area contributed by atoms with Crippen molar-refractivity contribution < 1.29 is 5.21 Å². The number of hydrogen-bond acceptors (Lipinski definition) is 2. The normalized spacial score (nSPS) is 10.1. The molecule has 0 aliphatic heterocycles. The van der Waals surface area contributed by atoms with E-state index in [1.165, 1.54) is 0 Å². The maximum absolute atomic E-state index is 8.24. The lowest BCUT2D eigenvalue weighted by molar-refractivity contribution is 0.321. The highest BCUT2D eigenvalue weighted by molar-refractivity contribution is 6.69. The lowest BCUT2D eigenvalue weighted by Gasteiger charge is -1.91. The topological polar surface area (TPSA) is 32.6 Å². The molecule has 1 aromatic carbocycles. The van der Waals surface area contributed by atoms with Gasteiger partial charge >= 0.3 is 0 Å². The second kappa shape index (κ2) is 6.68. The number of benzene rings is 1. The van der Waals surface area contributed by atoms with Crippen molar-refractivity contribution >= 4 is 16.8 Å². The Morgan fingerprint density at radius 1 is 1.25 bits per heavy atom. The van der Waals surface area contributed by atoms with Gasteiger partial charge in [0.15, 0.2) is 5.17 Å². The van der Waals surface area contributed by atoms with Crippen LogP contribution in [0.25, 0.3) is 0 Å². The third kappa shape index (κ3) is 3.39. The summed E-state index contributed by atoms with van der Waals surface area (Å²) in [5, 5.41) is 11.2. The Kier molecular flexibility index (Phi) is 6.11. The summed E-state index contributed by atoms with van der Waals surface area (Å²) in [5.41, 5.74) is 0.715. The number of rotatable bonds is 1. The molecule has 0 saturated heterocycles. The SMILES string of the molecule is CC.O/N=C(/Cl)c1ccccc1. The fraction of sp³-hybridized carbons (Fsp3) is 0.222. The van der Waals surface area contributed by atoms with Crippen LogP contribution >= 0.6 is 11.6 Å². The zero-order valence-electron chi connectivity index (χ0n) is 7.16. The molecule has 0 spiro atoms. The van der Waals surface area contributed by atoms with E-state index in [2.05, 4.69) is 5.16 Å². The van der Waals surface area contributed by atoms with E-state index >= 15 is 0 Å². The van der Waals surface area contributed by atoms with Crippen LogP contribution in [-0.2, 0) is 0 Å². The smallest absolute Gasteiger partial charge is 0.175 e. The first-order valence-electron chi connectivity index (χ1n) is 3.77. The van der Waals surface area contributed by atoms with Crippen LogP contribution in [-0.4, -0.2) is 10.4 Å². The highest BCUT2D eigenvalue weighted by Gasteiger charge is 1.95. The highest BCUT2D eigenvalue weighted by atomic mass is 35.5. The van der Waals surface area contributed by atoms with Crippen LogP contribution in [0, 0.1) is 0 Å². The van der Waals surface area contributed by atoms with Gasteiger partial charge in [-0.05, 0) is 0 Å². The Hall–Kier alpha value is -1.02. The minimum absolute atomic E-state index is 0.112. The second-order valence-corrected chi connectivity index (χ2v) is 2.11. The predicted molar refractivity (Wildman–Crippen MR) is 52.0 cm³/mol. The molecule has 0 fully saturated rings. The Morgan fingerprint density at radius 3 is 2.17 bits per heavy atom. The van der Waals surface area contributed by atoms with Crippen molar-refractivity contribution in [3.05, 3.63) is 35.9 Å². The molecule has 0 heterocycles. The molecule has 0 aliphatic carbocycles. The molecule has 0 bridgehead atoms. The molecule has 1 N–H and O–H groups in total. The molecule has 1 rings (SSSR count). The van der Waals surface area contributed by atoms with Crippen LogP contribution in [0.4, 0.5) is 0 Å². The third-order valence-corrected chi connectivity index (χ3v) is 1.39. The lowest BCUT2D eigenvalue weighted by Crippen LogP contribution is -1.88. The average molecular weight is 186 g/mol. The van der Waals surface area contributed by atoms with Crippen molar-refractivity contribution in [1.29, 1.82) is 0 Å². The van der Waals surface area contributed by atoms with Gasteiger partial charge in [0.05, 0.1) is 0 Å². The van der Waals surface area contributed by atoms with E-state index in [1.807, 2.05) is 32.0 Å². The van der Waals surface area contributed by atoms with Crippen molar-refractivity contribution in [3.63, 3.8) is 0 Å². The summed E-state index contributed by atoms with van der Waals surface area (Å²) in [7, 11) is 0. The zero-order chi connectivity index (χ0) is 9.40. The van der Waals surface area contributed by atoms with Crippen molar-refractivity contribution in [2.75, 3.05) is 0 Å². The van der Waals surface area contributed by atoms with E-state index in [-0.39, 0.29) is 5.17 Å². The Morgan fingerprint density at radius 2 is 1.75 bits per heavy atom. The van der Waals surface area contributed by atoms with Crippen LogP contribution in [0.1, 0.15) is 19.4 Å². The highest BCUT2D eigenvalue weighted by Crippen LogP contribution is 2.02. The molecule has 0 saturated carbocycles. The van der Waals surface area contributed by atoms with Gasteiger partial charge in [-0.1, -0.05) is 60.9 Å². The molecule has 0 aliphatic rings. The van der Waals surface area contributed by atoms with Gasteiger partial charge in [-0.2, -0.15) is 0 Å². The summed E-state index contributed by atoms with van der Waals surface area (Å²) in [6.45, 7) is 4.00. The van der Waals surface area contributed by atoms with Crippen molar-refractivity contribution in [2.45, 2.75) is 13.8 Å². The maximum Gasteiger partial charge on any atom is 0.175 e. The molecule has 0 atom stereocenters. The fourth-order valence-electron chi connectivity index (χ4n) is 0.633. The van der Waals surface area contributed by atoms with Gasteiger partial charge in [0, 0.05) is 5.56 Å². The van der Waals surface area contributed by atoms with Crippen molar-refractivity contribution in [2.24, 2.45) is 5.16 Å². The number of hydrogen-bond donors (Lipinski definition) is 1. The molecule has 0 radical (unpaired) electrons. The third-order valence-electron chi connectivity index (χ3n) is 1.10. The number of oxime groups is 1. The summed E-state index contributed by atoms with van der Waals surface area (Å²) in [6.07, 6.45) is 0. The second-order valence-electron chi connectivity index (χ2n) is 1.76. The summed E-state index contributed by atoms with van der Waals surface area (Å²) in [5.74, 6) is 0. The number of halogens is 1. The van der Waals surface area contributed by atoms with Crippen LogP contribution in [0.2, 0.25) is 0 Å². The summed E-state index contributed by atoms with van der Waals surface area (Å²) >= 11 is 5.49. The molecular formula is C9H12ClNO. The maximum atomic E-state index is 8.24. The van der Waals surface area contributed by atoms with E-state index < -0.39 is 0 Å². The monoisotopic (exact) mass is 185 g/mol. The van der Waals surface area contributed by atoms with Crippen LogP contribution in [0.5, 0.6) is 0 Å². The average Bonchev–Trinajstić information content (AvgIpc) is 2.21. The molecular weight excluding hydrogens is 174 g/mol. The molecule has 12 heavy (non-hydrogen) atoms. The van der Waals surface area contributed by atoms with E-state index in [0.29, 0.717) is 5.56 Å².